The van der Waals surface area contributed by atoms with Gasteiger partial charge in [0, 0.05) is 24.3 Å². The molecule has 2 rings (SSSR count). The Labute approximate surface area is 115 Å². The van der Waals surface area contributed by atoms with E-state index >= 15 is 0 Å². The van der Waals surface area contributed by atoms with Gasteiger partial charge in [-0.25, -0.2) is 0 Å². The highest BCUT2D eigenvalue weighted by Crippen LogP contribution is 2.17. The molecule has 2 aromatic rings. The van der Waals surface area contributed by atoms with Crippen molar-refractivity contribution in [3.63, 3.8) is 0 Å². The van der Waals surface area contributed by atoms with Gasteiger partial charge in [0.05, 0.1) is 9.85 Å². The van der Waals surface area contributed by atoms with Crippen molar-refractivity contribution in [3.05, 3.63) is 79.9 Å². The normalized spacial score (nSPS) is 10.2. The standard InChI is InChI=1S/C14H12N2O4/c17-15(18)13-5-1-3-11(9-13)7-8-12-4-2-6-14(10-12)16(19)20/h1-6,9-10H,7-8H2. The molecule has 102 valence electrons. The highest BCUT2D eigenvalue weighted by molar-refractivity contribution is 5.37. The number of nitro groups is 2. The fourth-order valence-corrected chi connectivity index (χ4v) is 1.94. The van der Waals surface area contributed by atoms with Gasteiger partial charge in [-0.15, -0.1) is 0 Å². The largest absolute Gasteiger partial charge is 0.269 e. The van der Waals surface area contributed by atoms with Crippen LogP contribution in [-0.4, -0.2) is 9.85 Å². The van der Waals surface area contributed by atoms with Crippen LogP contribution in [-0.2, 0) is 12.8 Å². The van der Waals surface area contributed by atoms with Crippen molar-refractivity contribution < 1.29 is 9.85 Å². The van der Waals surface area contributed by atoms with Crippen LogP contribution in [0, 0.1) is 20.2 Å². The van der Waals surface area contributed by atoms with Gasteiger partial charge >= 0.3 is 0 Å². The number of nitrogens with zero attached hydrogens (tertiary/aromatic N) is 2. The number of aryl methyl sites for hydroxylation is 2. The van der Waals surface area contributed by atoms with E-state index in [0.717, 1.165) is 11.1 Å². The highest BCUT2D eigenvalue weighted by atomic mass is 16.6. The molecule has 0 radical (unpaired) electrons. The Morgan fingerprint density at radius 2 is 1.15 bits per heavy atom. The first-order valence-corrected chi connectivity index (χ1v) is 6.03. The first-order valence-electron chi connectivity index (χ1n) is 6.03. The molecular weight excluding hydrogens is 260 g/mol. The number of rotatable bonds is 5. The van der Waals surface area contributed by atoms with E-state index in [4.69, 9.17) is 0 Å². The second-order valence-electron chi connectivity index (χ2n) is 4.35. The van der Waals surface area contributed by atoms with Crippen LogP contribution in [0.1, 0.15) is 11.1 Å². The van der Waals surface area contributed by atoms with E-state index < -0.39 is 9.85 Å². The van der Waals surface area contributed by atoms with Gasteiger partial charge in [0.25, 0.3) is 11.4 Å². The molecule has 0 fully saturated rings. The van der Waals surface area contributed by atoms with E-state index in [0.29, 0.717) is 12.8 Å². The van der Waals surface area contributed by atoms with E-state index in [2.05, 4.69) is 0 Å². The summed E-state index contributed by atoms with van der Waals surface area (Å²) in [5, 5.41) is 21.4. The minimum Gasteiger partial charge on any atom is -0.258 e. The Morgan fingerprint density at radius 3 is 1.50 bits per heavy atom. The minimum atomic E-state index is -0.434. The third kappa shape index (κ3) is 3.38. The summed E-state index contributed by atoms with van der Waals surface area (Å²) in [6, 6.07) is 12.8. The van der Waals surface area contributed by atoms with Crippen LogP contribution in [0.4, 0.5) is 11.4 Å². The lowest BCUT2D eigenvalue weighted by molar-refractivity contribution is -0.385. The fourth-order valence-electron chi connectivity index (χ4n) is 1.94. The van der Waals surface area contributed by atoms with Crippen molar-refractivity contribution in [2.24, 2.45) is 0 Å². The molecule has 0 aromatic heterocycles. The maximum Gasteiger partial charge on any atom is 0.269 e. The summed E-state index contributed by atoms with van der Waals surface area (Å²) in [5.41, 5.74) is 1.79. The van der Waals surface area contributed by atoms with Gasteiger partial charge in [0.2, 0.25) is 0 Å². The number of benzene rings is 2. The number of nitro benzene ring substituents is 2. The smallest absolute Gasteiger partial charge is 0.258 e. The average molecular weight is 272 g/mol. The van der Waals surface area contributed by atoms with Gasteiger partial charge in [0.1, 0.15) is 0 Å². The second kappa shape index (κ2) is 5.92. The summed E-state index contributed by atoms with van der Waals surface area (Å²) in [5.74, 6) is 0. The summed E-state index contributed by atoms with van der Waals surface area (Å²) in [7, 11) is 0. The molecule has 0 aliphatic carbocycles. The lowest BCUT2D eigenvalue weighted by atomic mass is 10.0. The maximum atomic E-state index is 10.7. The van der Waals surface area contributed by atoms with Gasteiger partial charge in [0.15, 0.2) is 0 Å². The molecular formula is C14H12N2O4. The van der Waals surface area contributed by atoms with Crippen molar-refractivity contribution >= 4 is 11.4 Å². The van der Waals surface area contributed by atoms with Crippen molar-refractivity contribution in [2.75, 3.05) is 0 Å². The van der Waals surface area contributed by atoms with Crippen molar-refractivity contribution in [3.8, 4) is 0 Å². The fraction of sp³-hybridized carbons (Fsp3) is 0.143. The summed E-state index contributed by atoms with van der Waals surface area (Å²) in [6.07, 6.45) is 1.20. The molecule has 2 aromatic carbocycles. The molecule has 0 N–H and O–H groups in total. The van der Waals surface area contributed by atoms with Crippen molar-refractivity contribution in [1.29, 1.82) is 0 Å². The summed E-state index contributed by atoms with van der Waals surface area (Å²) >= 11 is 0. The molecule has 0 bridgehead atoms. The van der Waals surface area contributed by atoms with E-state index in [1.165, 1.54) is 24.3 Å². The van der Waals surface area contributed by atoms with Crippen LogP contribution >= 0.6 is 0 Å². The van der Waals surface area contributed by atoms with Crippen LogP contribution < -0.4 is 0 Å². The predicted octanol–water partition coefficient (Wildman–Crippen LogP) is 3.29. The zero-order valence-corrected chi connectivity index (χ0v) is 10.6. The van der Waals surface area contributed by atoms with Crippen LogP contribution in [0.2, 0.25) is 0 Å². The van der Waals surface area contributed by atoms with Crippen molar-refractivity contribution in [2.45, 2.75) is 12.8 Å². The molecule has 0 atom stereocenters. The molecule has 20 heavy (non-hydrogen) atoms. The Morgan fingerprint density at radius 1 is 0.750 bits per heavy atom. The monoisotopic (exact) mass is 272 g/mol. The number of hydrogen-bond donors (Lipinski definition) is 0. The van der Waals surface area contributed by atoms with Crippen LogP contribution in [0.5, 0.6) is 0 Å². The molecule has 0 amide bonds. The van der Waals surface area contributed by atoms with Gasteiger partial charge in [-0.3, -0.25) is 20.2 Å². The molecule has 0 saturated heterocycles. The lowest BCUT2D eigenvalue weighted by Gasteiger charge is -2.02. The molecule has 0 saturated carbocycles. The van der Waals surface area contributed by atoms with E-state index in [-0.39, 0.29) is 11.4 Å². The highest BCUT2D eigenvalue weighted by Gasteiger charge is 2.08. The average Bonchev–Trinajstić information content (AvgIpc) is 2.45. The van der Waals surface area contributed by atoms with E-state index in [9.17, 15) is 20.2 Å². The zero-order valence-electron chi connectivity index (χ0n) is 10.6. The lowest BCUT2D eigenvalue weighted by Crippen LogP contribution is -1.95. The third-order valence-electron chi connectivity index (χ3n) is 2.95. The van der Waals surface area contributed by atoms with E-state index in [1.54, 1.807) is 12.1 Å². The molecule has 6 heteroatoms. The van der Waals surface area contributed by atoms with Crippen molar-refractivity contribution in [1.82, 2.24) is 0 Å². The minimum absolute atomic E-state index is 0.0570. The van der Waals surface area contributed by atoms with Crippen LogP contribution in [0.25, 0.3) is 0 Å². The zero-order chi connectivity index (χ0) is 14.5. The van der Waals surface area contributed by atoms with Crippen LogP contribution in [0.15, 0.2) is 48.5 Å². The molecule has 0 aliphatic heterocycles. The number of non-ortho nitro benzene ring substituents is 2. The van der Waals surface area contributed by atoms with Gasteiger partial charge in [-0.2, -0.15) is 0 Å². The quantitative estimate of drug-likeness (QED) is 0.617. The number of hydrogen-bond acceptors (Lipinski definition) is 4. The second-order valence-corrected chi connectivity index (χ2v) is 4.35. The first-order chi connectivity index (χ1) is 9.56. The summed E-state index contributed by atoms with van der Waals surface area (Å²) < 4.78 is 0. The van der Waals surface area contributed by atoms with Crippen LogP contribution in [0.3, 0.4) is 0 Å². The third-order valence-corrected chi connectivity index (χ3v) is 2.95. The molecule has 0 unspecified atom stereocenters. The Balaban J connectivity index is 2.08. The predicted molar refractivity (Wildman–Crippen MR) is 73.6 cm³/mol. The molecule has 0 aliphatic rings. The molecule has 6 nitrogen and oxygen atoms in total. The first kappa shape index (κ1) is 13.7. The summed E-state index contributed by atoms with van der Waals surface area (Å²) in [6.45, 7) is 0. The Hall–Kier alpha value is -2.76. The Kier molecular flexibility index (Phi) is 4.05. The van der Waals surface area contributed by atoms with Gasteiger partial charge in [-0.05, 0) is 24.0 Å². The van der Waals surface area contributed by atoms with Gasteiger partial charge < -0.3 is 0 Å². The summed E-state index contributed by atoms with van der Waals surface area (Å²) in [4.78, 5) is 20.5. The van der Waals surface area contributed by atoms with E-state index in [1.807, 2.05) is 12.1 Å². The topological polar surface area (TPSA) is 86.3 Å². The Bertz CT molecular complexity index is 598. The SMILES string of the molecule is O=[N+]([O-])c1cccc(CCc2cccc([N+](=O)[O-])c2)c1. The van der Waals surface area contributed by atoms with Gasteiger partial charge in [-0.1, -0.05) is 24.3 Å². The maximum absolute atomic E-state index is 10.7. The molecule has 0 spiro atoms. The molecule has 0 heterocycles.